The number of hydrogen-bond acceptors (Lipinski definition) is 7. The van der Waals surface area contributed by atoms with Crippen molar-refractivity contribution in [2.24, 2.45) is 0 Å². The van der Waals surface area contributed by atoms with Crippen LogP contribution in [0.5, 0.6) is 0 Å². The van der Waals surface area contributed by atoms with Crippen LogP contribution in [-0.2, 0) is 9.53 Å². The summed E-state index contributed by atoms with van der Waals surface area (Å²) in [5.41, 5.74) is 5.70. The van der Waals surface area contributed by atoms with Gasteiger partial charge in [0.15, 0.2) is 6.10 Å². The number of rotatable bonds is 5. The highest BCUT2D eigenvalue weighted by Crippen LogP contribution is 2.21. The van der Waals surface area contributed by atoms with Crippen LogP contribution in [0.2, 0.25) is 0 Å². The molecule has 0 saturated heterocycles. The molecular formula is C17H14N4O5. The lowest BCUT2D eigenvalue weighted by molar-refractivity contribution is -0.384. The summed E-state index contributed by atoms with van der Waals surface area (Å²) >= 11 is 0. The van der Waals surface area contributed by atoms with Crippen molar-refractivity contribution in [3.05, 3.63) is 63.7 Å². The van der Waals surface area contributed by atoms with Crippen LogP contribution in [0.4, 0.5) is 17.1 Å². The molecule has 2 aromatic carbocycles. The molecule has 2 rings (SSSR count). The third kappa shape index (κ3) is 4.12. The maximum absolute atomic E-state index is 12.2. The van der Waals surface area contributed by atoms with E-state index in [-0.39, 0.29) is 28.2 Å². The molecule has 1 amide bonds. The minimum absolute atomic E-state index is 0.0901. The molecular weight excluding hydrogens is 340 g/mol. The molecule has 3 N–H and O–H groups in total. The van der Waals surface area contributed by atoms with Gasteiger partial charge in [0, 0.05) is 12.1 Å². The van der Waals surface area contributed by atoms with Crippen LogP contribution in [0.3, 0.4) is 0 Å². The molecule has 1 atom stereocenters. The highest BCUT2D eigenvalue weighted by molar-refractivity contribution is 6.00. The van der Waals surface area contributed by atoms with Crippen LogP contribution in [0.15, 0.2) is 42.5 Å². The number of para-hydroxylation sites is 1. The molecule has 2 aromatic rings. The van der Waals surface area contributed by atoms with Crippen LogP contribution in [-0.4, -0.2) is 22.9 Å². The quantitative estimate of drug-likeness (QED) is 0.362. The summed E-state index contributed by atoms with van der Waals surface area (Å²) in [7, 11) is 0. The van der Waals surface area contributed by atoms with E-state index in [1.54, 1.807) is 18.2 Å². The molecule has 0 bridgehead atoms. The number of esters is 1. The number of hydrogen-bond donors (Lipinski definition) is 2. The van der Waals surface area contributed by atoms with Gasteiger partial charge in [0.05, 0.1) is 27.4 Å². The van der Waals surface area contributed by atoms with Crippen LogP contribution in [0, 0.1) is 21.4 Å². The van der Waals surface area contributed by atoms with Gasteiger partial charge < -0.3 is 15.8 Å². The molecule has 0 aliphatic rings. The number of nitrogen functional groups attached to an aromatic ring is 1. The molecule has 0 aliphatic heterocycles. The summed E-state index contributed by atoms with van der Waals surface area (Å²) in [6.45, 7) is 1.35. The van der Waals surface area contributed by atoms with Crippen molar-refractivity contribution in [3.8, 4) is 6.07 Å². The molecule has 0 unspecified atom stereocenters. The first-order chi connectivity index (χ1) is 12.3. The molecule has 9 heteroatoms. The highest BCUT2D eigenvalue weighted by Gasteiger charge is 2.22. The lowest BCUT2D eigenvalue weighted by Gasteiger charge is -2.14. The third-order valence-electron chi connectivity index (χ3n) is 3.42. The first-order valence-corrected chi connectivity index (χ1v) is 7.38. The minimum Gasteiger partial charge on any atom is -0.449 e. The smallest absolute Gasteiger partial charge is 0.341 e. The predicted molar refractivity (Wildman–Crippen MR) is 92.2 cm³/mol. The first-order valence-electron chi connectivity index (χ1n) is 7.38. The summed E-state index contributed by atoms with van der Waals surface area (Å²) in [5, 5.41) is 22.2. The number of carbonyl (C=O) groups excluding carboxylic acids is 2. The minimum atomic E-state index is -1.18. The SMILES string of the molecule is C[C@H](OC(=O)c1ccc([N+](=O)[O-])cc1N)C(=O)Nc1ccccc1C#N. The average molecular weight is 354 g/mol. The lowest BCUT2D eigenvalue weighted by atomic mass is 10.1. The Kier molecular flexibility index (Phi) is 5.49. The molecule has 132 valence electrons. The van der Waals surface area contributed by atoms with Gasteiger partial charge in [0.2, 0.25) is 0 Å². The van der Waals surface area contributed by atoms with E-state index in [1.807, 2.05) is 6.07 Å². The molecule has 26 heavy (non-hydrogen) atoms. The normalized spacial score (nSPS) is 11.1. The van der Waals surface area contributed by atoms with E-state index in [2.05, 4.69) is 5.32 Å². The summed E-state index contributed by atoms with van der Waals surface area (Å²) in [6.07, 6.45) is -1.18. The van der Waals surface area contributed by atoms with Gasteiger partial charge in [-0.15, -0.1) is 0 Å². The van der Waals surface area contributed by atoms with Gasteiger partial charge in [0.25, 0.3) is 11.6 Å². The van der Waals surface area contributed by atoms with Crippen molar-refractivity contribution in [1.82, 2.24) is 0 Å². The largest absolute Gasteiger partial charge is 0.449 e. The Balaban J connectivity index is 2.08. The Morgan fingerprint density at radius 3 is 2.62 bits per heavy atom. The second kappa shape index (κ2) is 7.76. The van der Waals surface area contributed by atoms with E-state index in [0.29, 0.717) is 0 Å². The van der Waals surface area contributed by atoms with Gasteiger partial charge in [-0.3, -0.25) is 14.9 Å². The fourth-order valence-electron chi connectivity index (χ4n) is 2.05. The number of anilines is 2. The van der Waals surface area contributed by atoms with Crippen molar-refractivity contribution in [3.63, 3.8) is 0 Å². The molecule has 9 nitrogen and oxygen atoms in total. The number of benzene rings is 2. The zero-order valence-electron chi connectivity index (χ0n) is 13.6. The topological polar surface area (TPSA) is 148 Å². The van der Waals surface area contributed by atoms with Gasteiger partial charge >= 0.3 is 5.97 Å². The Bertz CT molecular complexity index is 920. The van der Waals surface area contributed by atoms with Crippen molar-refractivity contribution < 1.29 is 19.2 Å². The van der Waals surface area contributed by atoms with Gasteiger partial charge in [-0.2, -0.15) is 5.26 Å². The van der Waals surface area contributed by atoms with Crippen LogP contribution >= 0.6 is 0 Å². The van der Waals surface area contributed by atoms with Crippen LogP contribution in [0.25, 0.3) is 0 Å². The van der Waals surface area contributed by atoms with Gasteiger partial charge in [0.1, 0.15) is 6.07 Å². The molecule has 0 heterocycles. The van der Waals surface area contributed by atoms with Crippen molar-refractivity contribution >= 4 is 28.9 Å². The summed E-state index contributed by atoms with van der Waals surface area (Å²) in [6, 6.07) is 11.6. The van der Waals surface area contributed by atoms with Crippen molar-refractivity contribution in [2.75, 3.05) is 11.1 Å². The van der Waals surface area contributed by atoms with Gasteiger partial charge in [-0.25, -0.2) is 4.79 Å². The number of nitrogens with two attached hydrogens (primary N) is 1. The fraction of sp³-hybridized carbons (Fsp3) is 0.118. The lowest BCUT2D eigenvalue weighted by Crippen LogP contribution is -2.30. The Labute approximate surface area is 148 Å². The zero-order valence-corrected chi connectivity index (χ0v) is 13.6. The van der Waals surface area contributed by atoms with E-state index >= 15 is 0 Å². The Morgan fingerprint density at radius 2 is 2.00 bits per heavy atom. The second-order valence-corrected chi connectivity index (χ2v) is 5.22. The fourth-order valence-corrected chi connectivity index (χ4v) is 2.05. The highest BCUT2D eigenvalue weighted by atomic mass is 16.6. The maximum Gasteiger partial charge on any atom is 0.341 e. The van der Waals surface area contributed by atoms with Gasteiger partial charge in [-0.1, -0.05) is 12.1 Å². The number of nitriles is 1. The van der Waals surface area contributed by atoms with E-state index in [0.717, 1.165) is 18.2 Å². The number of ether oxygens (including phenoxy) is 1. The van der Waals surface area contributed by atoms with Crippen LogP contribution < -0.4 is 11.1 Å². The molecule has 0 radical (unpaired) electrons. The average Bonchev–Trinajstić information content (AvgIpc) is 2.61. The number of nitro groups is 1. The Hall–Kier alpha value is -3.93. The standard InChI is InChI=1S/C17H14N4O5/c1-10(16(22)20-15-5-3-2-4-11(15)9-18)26-17(23)13-7-6-12(21(24)25)8-14(13)19/h2-8,10H,19H2,1H3,(H,20,22)/t10-/m0/s1. The molecule has 0 aliphatic carbocycles. The predicted octanol–water partition coefficient (Wildman–Crippen LogP) is 2.23. The van der Waals surface area contributed by atoms with Gasteiger partial charge in [-0.05, 0) is 25.1 Å². The number of amides is 1. The first kappa shape index (κ1) is 18.4. The van der Waals surface area contributed by atoms with E-state index in [9.17, 15) is 19.7 Å². The van der Waals surface area contributed by atoms with E-state index < -0.39 is 22.9 Å². The summed E-state index contributed by atoms with van der Waals surface area (Å²) in [5.74, 6) is -1.53. The molecule has 0 spiro atoms. The molecule has 0 fully saturated rings. The molecule has 0 saturated carbocycles. The number of non-ortho nitro benzene ring substituents is 1. The third-order valence-corrected chi connectivity index (χ3v) is 3.42. The zero-order chi connectivity index (χ0) is 19.3. The van der Waals surface area contributed by atoms with Crippen molar-refractivity contribution in [2.45, 2.75) is 13.0 Å². The van der Waals surface area contributed by atoms with Crippen molar-refractivity contribution in [1.29, 1.82) is 5.26 Å². The summed E-state index contributed by atoms with van der Waals surface area (Å²) in [4.78, 5) is 34.3. The number of nitrogens with zero attached hydrogens (tertiary/aromatic N) is 2. The molecule has 0 aromatic heterocycles. The number of nitro benzene ring substituents is 1. The number of carbonyl (C=O) groups is 2. The van der Waals surface area contributed by atoms with Crippen LogP contribution in [0.1, 0.15) is 22.8 Å². The summed E-state index contributed by atoms with van der Waals surface area (Å²) < 4.78 is 5.04. The Morgan fingerprint density at radius 1 is 1.31 bits per heavy atom. The second-order valence-electron chi connectivity index (χ2n) is 5.22. The number of nitrogens with one attached hydrogen (secondary N) is 1. The van der Waals surface area contributed by atoms with E-state index in [1.165, 1.54) is 13.0 Å². The van der Waals surface area contributed by atoms with E-state index in [4.69, 9.17) is 15.7 Å². The maximum atomic E-state index is 12.2. The monoisotopic (exact) mass is 354 g/mol.